The van der Waals surface area contributed by atoms with Crippen LogP contribution in [-0.4, -0.2) is 4.89 Å². The summed E-state index contributed by atoms with van der Waals surface area (Å²) in [5.74, 6) is 0. The molecule has 0 spiro atoms. The quantitative estimate of drug-likeness (QED) is 0.756. The van der Waals surface area contributed by atoms with E-state index in [9.17, 15) is 4.57 Å². The van der Waals surface area contributed by atoms with Crippen LogP contribution in [0.3, 0.4) is 0 Å². The van der Waals surface area contributed by atoms with E-state index >= 15 is 0 Å². The lowest BCUT2D eigenvalue weighted by molar-refractivity contribution is 0.493. The number of hydrogen-bond donors (Lipinski definition) is 1. The van der Waals surface area contributed by atoms with Gasteiger partial charge in [0.1, 0.15) is 0 Å². The normalized spacial score (nSPS) is 14.5. The van der Waals surface area contributed by atoms with E-state index in [4.69, 9.17) is 4.89 Å². The summed E-state index contributed by atoms with van der Waals surface area (Å²) in [6.45, 7) is 1.76. The first-order chi connectivity index (χ1) is 5.22. The Morgan fingerprint density at radius 2 is 1.83 bits per heavy atom. The van der Waals surface area contributed by atoms with Crippen LogP contribution in [0.4, 0.5) is 0 Å². The fraction of sp³-hybridized carbons (Fsp3) is 0.250. The average molecular weight is 207 g/mol. The molecule has 0 saturated carbocycles. The van der Waals surface area contributed by atoms with Crippen LogP contribution in [0.25, 0.3) is 0 Å². The van der Waals surface area contributed by atoms with Gasteiger partial charge in [-0.2, -0.15) is 0 Å². The van der Waals surface area contributed by atoms with Crippen molar-refractivity contribution in [1.29, 1.82) is 0 Å². The molecule has 1 rings (SSSR count). The van der Waals surface area contributed by atoms with Crippen molar-refractivity contribution in [3.05, 3.63) is 35.9 Å². The fourth-order valence-corrected chi connectivity index (χ4v) is 1.36. The smallest absolute Gasteiger partial charge is 0.196 e. The highest BCUT2D eigenvalue weighted by Crippen LogP contribution is 2.36. The van der Waals surface area contributed by atoms with Gasteiger partial charge in [0.2, 0.25) is 0 Å². The standard InChI is InChI=1S/C8H11O2P.ClH/c1-7(11(9)10)8-5-3-2-4-6-8;/h2-7,11H,1H3,(H,9,10);1H. The molecule has 1 N–H and O–H groups in total. The highest BCUT2D eigenvalue weighted by molar-refractivity contribution is 7.38. The lowest BCUT2D eigenvalue weighted by Crippen LogP contribution is -1.85. The second-order valence-electron chi connectivity index (χ2n) is 2.47. The minimum atomic E-state index is -2.41. The first-order valence-corrected chi connectivity index (χ1v) is 4.93. The van der Waals surface area contributed by atoms with Gasteiger partial charge in [0.25, 0.3) is 0 Å². The molecule has 2 atom stereocenters. The van der Waals surface area contributed by atoms with E-state index in [1.54, 1.807) is 6.92 Å². The molecule has 0 aliphatic rings. The van der Waals surface area contributed by atoms with Gasteiger partial charge in [0.05, 0.1) is 5.66 Å². The van der Waals surface area contributed by atoms with Gasteiger partial charge in [-0.15, -0.1) is 12.4 Å². The Hall–Kier alpha value is -0.300. The highest BCUT2D eigenvalue weighted by Gasteiger charge is 2.08. The Balaban J connectivity index is 0.00000121. The van der Waals surface area contributed by atoms with Gasteiger partial charge >= 0.3 is 0 Å². The monoisotopic (exact) mass is 206 g/mol. The van der Waals surface area contributed by atoms with Crippen molar-refractivity contribution in [2.45, 2.75) is 12.6 Å². The third-order valence-electron chi connectivity index (χ3n) is 1.67. The first-order valence-electron chi connectivity index (χ1n) is 3.49. The SMILES string of the molecule is CC(c1ccccc1)[PH](=O)O.Cl. The minimum Gasteiger partial charge on any atom is -0.346 e. The molecule has 0 fully saturated rings. The fourth-order valence-electron chi connectivity index (χ4n) is 0.884. The molecular weight excluding hydrogens is 195 g/mol. The summed E-state index contributed by atoms with van der Waals surface area (Å²) in [6, 6.07) is 9.37. The Bertz CT molecular complexity index is 250. The van der Waals surface area contributed by atoms with Gasteiger partial charge in [-0.3, -0.25) is 4.57 Å². The van der Waals surface area contributed by atoms with Crippen molar-refractivity contribution >= 4 is 20.4 Å². The zero-order valence-electron chi connectivity index (χ0n) is 6.73. The largest absolute Gasteiger partial charge is 0.346 e. The van der Waals surface area contributed by atoms with E-state index in [1.807, 2.05) is 30.3 Å². The maximum Gasteiger partial charge on any atom is 0.196 e. The van der Waals surface area contributed by atoms with Gasteiger partial charge in [-0.1, -0.05) is 30.3 Å². The molecule has 0 saturated heterocycles. The molecule has 0 amide bonds. The van der Waals surface area contributed by atoms with Crippen LogP contribution in [0.1, 0.15) is 18.1 Å². The summed E-state index contributed by atoms with van der Waals surface area (Å²) < 4.78 is 10.7. The number of rotatable bonds is 2. The molecule has 12 heavy (non-hydrogen) atoms. The van der Waals surface area contributed by atoms with Crippen LogP contribution in [0, 0.1) is 0 Å². The van der Waals surface area contributed by atoms with Gasteiger partial charge < -0.3 is 4.89 Å². The lowest BCUT2D eigenvalue weighted by atomic mass is 10.2. The van der Waals surface area contributed by atoms with Crippen LogP contribution in [0.15, 0.2) is 30.3 Å². The van der Waals surface area contributed by atoms with Crippen molar-refractivity contribution in [3.63, 3.8) is 0 Å². The van der Waals surface area contributed by atoms with Crippen molar-refractivity contribution in [1.82, 2.24) is 0 Å². The molecule has 2 unspecified atom stereocenters. The molecule has 1 aromatic carbocycles. The van der Waals surface area contributed by atoms with Gasteiger partial charge in [0, 0.05) is 0 Å². The van der Waals surface area contributed by atoms with Crippen LogP contribution >= 0.6 is 20.4 Å². The maximum absolute atomic E-state index is 10.7. The maximum atomic E-state index is 10.7. The van der Waals surface area contributed by atoms with E-state index in [2.05, 4.69) is 0 Å². The van der Waals surface area contributed by atoms with Crippen molar-refractivity contribution in [2.24, 2.45) is 0 Å². The molecule has 1 aromatic rings. The summed E-state index contributed by atoms with van der Waals surface area (Å²) in [5.41, 5.74) is 0.708. The molecule has 0 aromatic heterocycles. The average Bonchev–Trinajstić information content (AvgIpc) is 2.05. The predicted octanol–water partition coefficient (Wildman–Crippen LogP) is 2.64. The van der Waals surface area contributed by atoms with Gasteiger partial charge in [0.15, 0.2) is 8.03 Å². The van der Waals surface area contributed by atoms with Crippen LogP contribution in [-0.2, 0) is 4.57 Å². The highest BCUT2D eigenvalue weighted by atomic mass is 35.5. The van der Waals surface area contributed by atoms with Crippen LogP contribution < -0.4 is 0 Å². The Morgan fingerprint density at radius 3 is 2.25 bits per heavy atom. The minimum absolute atomic E-state index is 0. The van der Waals surface area contributed by atoms with Crippen molar-refractivity contribution in [2.75, 3.05) is 0 Å². The van der Waals surface area contributed by atoms with Crippen molar-refractivity contribution < 1.29 is 9.46 Å². The first kappa shape index (κ1) is 11.7. The zero-order valence-corrected chi connectivity index (χ0v) is 8.54. The molecular formula is C8H12ClO2P. The number of hydrogen-bond acceptors (Lipinski definition) is 1. The molecule has 0 radical (unpaired) electrons. The van der Waals surface area contributed by atoms with E-state index in [0.717, 1.165) is 5.56 Å². The lowest BCUT2D eigenvalue weighted by Gasteiger charge is -2.05. The second kappa shape index (κ2) is 5.36. The topological polar surface area (TPSA) is 37.3 Å². The summed E-state index contributed by atoms with van der Waals surface area (Å²) in [4.78, 5) is 8.82. The van der Waals surface area contributed by atoms with E-state index in [1.165, 1.54) is 0 Å². The number of benzene rings is 1. The Labute approximate surface area is 78.9 Å². The third-order valence-corrected chi connectivity index (χ3v) is 2.74. The van der Waals surface area contributed by atoms with Gasteiger partial charge in [-0.05, 0) is 12.5 Å². The Kier molecular flexibility index (Phi) is 5.23. The molecule has 4 heteroatoms. The molecule has 0 aliphatic carbocycles. The summed E-state index contributed by atoms with van der Waals surface area (Å²) in [6.07, 6.45) is 0. The molecule has 0 heterocycles. The third kappa shape index (κ3) is 2.98. The van der Waals surface area contributed by atoms with E-state index in [-0.39, 0.29) is 18.1 Å². The molecule has 68 valence electrons. The molecule has 2 nitrogen and oxygen atoms in total. The van der Waals surface area contributed by atoms with Crippen LogP contribution in [0.5, 0.6) is 0 Å². The van der Waals surface area contributed by atoms with Gasteiger partial charge in [-0.25, -0.2) is 0 Å². The van der Waals surface area contributed by atoms with E-state index < -0.39 is 8.03 Å². The van der Waals surface area contributed by atoms with Crippen LogP contribution in [0.2, 0.25) is 0 Å². The number of halogens is 1. The summed E-state index contributed by atoms with van der Waals surface area (Å²) in [5, 5.41) is 0. The van der Waals surface area contributed by atoms with E-state index in [0.29, 0.717) is 0 Å². The predicted molar refractivity (Wildman–Crippen MR) is 53.3 cm³/mol. The summed E-state index contributed by atoms with van der Waals surface area (Å²) >= 11 is 0. The molecule has 0 aliphatic heterocycles. The summed E-state index contributed by atoms with van der Waals surface area (Å²) in [7, 11) is -2.41. The Morgan fingerprint density at radius 1 is 1.33 bits per heavy atom. The van der Waals surface area contributed by atoms with Crippen molar-refractivity contribution in [3.8, 4) is 0 Å². The zero-order chi connectivity index (χ0) is 8.27. The second-order valence-corrected chi connectivity index (χ2v) is 4.01. The molecule has 0 bridgehead atoms.